The van der Waals surface area contributed by atoms with Crippen LogP contribution in [0.5, 0.6) is 0 Å². The van der Waals surface area contributed by atoms with Crippen molar-refractivity contribution in [2.45, 2.75) is 25.9 Å². The molecule has 0 aliphatic heterocycles. The molecule has 0 atom stereocenters. The summed E-state index contributed by atoms with van der Waals surface area (Å²) in [5.74, 6) is 1.03. The van der Waals surface area contributed by atoms with Crippen LogP contribution in [0.1, 0.15) is 25.6 Å². The first-order valence-corrected chi connectivity index (χ1v) is 3.80. The fourth-order valence-electron chi connectivity index (χ4n) is 0.737. The minimum absolute atomic E-state index is 0.466. The highest BCUT2D eigenvalue weighted by atomic mass is 16.4. The third-order valence-corrected chi connectivity index (χ3v) is 1.35. The molecule has 0 amide bonds. The van der Waals surface area contributed by atoms with Crippen LogP contribution in [-0.4, -0.2) is 17.2 Å². The van der Waals surface area contributed by atoms with Crippen molar-refractivity contribution in [3.8, 4) is 0 Å². The average molecular weight is 170 g/mol. The fourth-order valence-corrected chi connectivity index (χ4v) is 0.737. The maximum Gasteiger partial charge on any atom is 0.235 e. The first-order valence-electron chi connectivity index (χ1n) is 3.80. The van der Waals surface area contributed by atoms with Gasteiger partial charge in [-0.2, -0.15) is 0 Å². The minimum atomic E-state index is -0.557. The van der Waals surface area contributed by atoms with E-state index in [2.05, 4.69) is 15.5 Å². The summed E-state index contributed by atoms with van der Waals surface area (Å²) in [7, 11) is 1.82. The molecule has 0 aliphatic rings. The summed E-state index contributed by atoms with van der Waals surface area (Å²) >= 11 is 0. The number of hydrogen-bond acceptors (Lipinski definition) is 5. The maximum atomic E-state index is 5.75. The summed E-state index contributed by atoms with van der Waals surface area (Å²) in [6.07, 6.45) is 0. The molecule has 5 heteroatoms. The molecule has 0 saturated heterocycles. The van der Waals surface area contributed by atoms with Crippen molar-refractivity contribution in [1.82, 2.24) is 15.5 Å². The lowest BCUT2D eigenvalue weighted by atomic mass is 10.1. The van der Waals surface area contributed by atoms with Crippen molar-refractivity contribution in [3.05, 3.63) is 11.8 Å². The Bertz CT molecular complexity index is 250. The van der Waals surface area contributed by atoms with Crippen molar-refractivity contribution in [2.24, 2.45) is 5.73 Å². The van der Waals surface area contributed by atoms with E-state index in [-0.39, 0.29) is 0 Å². The number of aromatic nitrogens is 2. The molecule has 0 fully saturated rings. The zero-order chi connectivity index (χ0) is 9.19. The summed E-state index contributed by atoms with van der Waals surface area (Å²) in [5.41, 5.74) is 5.19. The van der Waals surface area contributed by atoms with Gasteiger partial charge in [0, 0.05) is 0 Å². The Balaban J connectivity index is 2.77. The highest BCUT2D eigenvalue weighted by Gasteiger charge is 2.21. The summed E-state index contributed by atoms with van der Waals surface area (Å²) in [6, 6.07) is 0. The molecule has 0 aliphatic carbocycles. The van der Waals surface area contributed by atoms with Crippen molar-refractivity contribution in [3.63, 3.8) is 0 Å². The van der Waals surface area contributed by atoms with Gasteiger partial charge in [-0.25, -0.2) is 0 Å². The number of nitrogens with two attached hydrogens (primary N) is 1. The van der Waals surface area contributed by atoms with Gasteiger partial charge in [-0.1, -0.05) is 0 Å². The molecule has 1 rings (SSSR count). The van der Waals surface area contributed by atoms with E-state index in [1.54, 1.807) is 0 Å². The van der Waals surface area contributed by atoms with E-state index in [1.807, 2.05) is 20.9 Å². The predicted molar refractivity (Wildman–Crippen MR) is 44.3 cm³/mol. The van der Waals surface area contributed by atoms with Gasteiger partial charge in [0.2, 0.25) is 11.8 Å². The highest BCUT2D eigenvalue weighted by molar-refractivity contribution is 4.94. The van der Waals surface area contributed by atoms with E-state index in [0.717, 1.165) is 0 Å². The molecule has 0 aromatic carbocycles. The zero-order valence-electron chi connectivity index (χ0n) is 7.59. The summed E-state index contributed by atoms with van der Waals surface area (Å²) in [5, 5.41) is 10.5. The Morgan fingerprint density at radius 3 is 2.58 bits per heavy atom. The first kappa shape index (κ1) is 9.15. The van der Waals surface area contributed by atoms with E-state index in [0.29, 0.717) is 18.3 Å². The summed E-state index contributed by atoms with van der Waals surface area (Å²) in [6.45, 7) is 4.22. The molecule has 1 heterocycles. The van der Waals surface area contributed by atoms with Gasteiger partial charge in [0.05, 0.1) is 12.1 Å². The van der Waals surface area contributed by atoms with Crippen molar-refractivity contribution < 1.29 is 4.42 Å². The summed E-state index contributed by atoms with van der Waals surface area (Å²) in [4.78, 5) is 0. The van der Waals surface area contributed by atoms with Crippen LogP contribution in [0.25, 0.3) is 0 Å². The highest BCUT2D eigenvalue weighted by Crippen LogP contribution is 2.14. The molecule has 3 N–H and O–H groups in total. The van der Waals surface area contributed by atoms with Crippen molar-refractivity contribution >= 4 is 0 Å². The van der Waals surface area contributed by atoms with E-state index in [9.17, 15) is 0 Å². The Kier molecular flexibility index (Phi) is 2.44. The number of nitrogens with zero attached hydrogens (tertiary/aromatic N) is 2. The van der Waals surface area contributed by atoms with Crippen LogP contribution in [0.2, 0.25) is 0 Å². The Morgan fingerprint density at radius 1 is 1.50 bits per heavy atom. The summed E-state index contributed by atoms with van der Waals surface area (Å²) < 4.78 is 5.28. The topological polar surface area (TPSA) is 77.0 Å². The first-order chi connectivity index (χ1) is 5.54. The molecule has 0 spiro atoms. The van der Waals surface area contributed by atoms with Gasteiger partial charge in [-0.05, 0) is 20.9 Å². The Labute approximate surface area is 71.3 Å². The smallest absolute Gasteiger partial charge is 0.235 e. The normalized spacial score (nSPS) is 12.0. The Morgan fingerprint density at radius 2 is 2.17 bits per heavy atom. The van der Waals surface area contributed by atoms with Gasteiger partial charge < -0.3 is 15.5 Å². The van der Waals surface area contributed by atoms with Gasteiger partial charge in [-0.3, -0.25) is 0 Å². The minimum Gasteiger partial charge on any atom is -0.422 e. The number of rotatable bonds is 3. The van der Waals surface area contributed by atoms with Crippen molar-refractivity contribution in [1.29, 1.82) is 0 Å². The van der Waals surface area contributed by atoms with Crippen LogP contribution in [0.4, 0.5) is 0 Å². The SMILES string of the molecule is CNCc1nnc(C(C)(C)N)o1. The van der Waals surface area contributed by atoms with Crippen LogP contribution in [0.3, 0.4) is 0 Å². The third kappa shape index (κ3) is 2.02. The zero-order valence-corrected chi connectivity index (χ0v) is 7.59. The average Bonchev–Trinajstić information content (AvgIpc) is 2.35. The molecule has 0 bridgehead atoms. The van der Waals surface area contributed by atoms with Gasteiger partial charge in [0.15, 0.2) is 0 Å². The standard InChI is InChI=1S/C7H14N4O/c1-7(2,8)6-11-10-5(12-6)4-9-3/h9H,4,8H2,1-3H3. The second kappa shape index (κ2) is 3.20. The molecule has 5 nitrogen and oxygen atoms in total. The molecular weight excluding hydrogens is 156 g/mol. The van der Waals surface area contributed by atoms with Crippen LogP contribution in [-0.2, 0) is 12.1 Å². The van der Waals surface area contributed by atoms with Crippen LogP contribution in [0.15, 0.2) is 4.42 Å². The fraction of sp³-hybridized carbons (Fsp3) is 0.714. The predicted octanol–water partition coefficient (Wildman–Crippen LogP) is -0.0172. The van der Waals surface area contributed by atoms with Crippen molar-refractivity contribution in [2.75, 3.05) is 7.05 Å². The van der Waals surface area contributed by atoms with Crippen LogP contribution in [0, 0.1) is 0 Å². The lowest BCUT2D eigenvalue weighted by Gasteiger charge is -2.11. The lowest BCUT2D eigenvalue weighted by Crippen LogP contribution is -2.29. The quantitative estimate of drug-likeness (QED) is 0.666. The second-order valence-corrected chi connectivity index (χ2v) is 3.25. The molecule has 1 aromatic rings. The van der Waals surface area contributed by atoms with Crippen LogP contribution >= 0.6 is 0 Å². The molecule has 1 aromatic heterocycles. The van der Waals surface area contributed by atoms with E-state index in [4.69, 9.17) is 10.2 Å². The van der Waals surface area contributed by atoms with E-state index >= 15 is 0 Å². The second-order valence-electron chi connectivity index (χ2n) is 3.25. The van der Waals surface area contributed by atoms with E-state index < -0.39 is 5.54 Å². The van der Waals surface area contributed by atoms with Gasteiger partial charge in [0.1, 0.15) is 0 Å². The van der Waals surface area contributed by atoms with Gasteiger partial charge in [-0.15, -0.1) is 10.2 Å². The molecule has 0 saturated carbocycles. The monoisotopic (exact) mass is 170 g/mol. The van der Waals surface area contributed by atoms with Crippen LogP contribution < -0.4 is 11.1 Å². The third-order valence-electron chi connectivity index (χ3n) is 1.35. The molecule has 0 unspecified atom stereocenters. The molecule has 12 heavy (non-hydrogen) atoms. The van der Waals surface area contributed by atoms with Gasteiger partial charge in [0.25, 0.3) is 0 Å². The molecule has 0 radical (unpaired) electrons. The number of nitrogens with one attached hydrogen (secondary N) is 1. The Hall–Kier alpha value is -0.940. The molecule has 68 valence electrons. The largest absolute Gasteiger partial charge is 0.422 e. The van der Waals surface area contributed by atoms with E-state index in [1.165, 1.54) is 0 Å². The lowest BCUT2D eigenvalue weighted by molar-refractivity contribution is 0.356. The van der Waals surface area contributed by atoms with Gasteiger partial charge >= 0.3 is 0 Å². The number of hydrogen-bond donors (Lipinski definition) is 2. The molecular formula is C7H14N4O. The maximum absolute atomic E-state index is 5.75.